The van der Waals surface area contributed by atoms with Crippen molar-refractivity contribution in [3.63, 3.8) is 0 Å². The molecule has 0 saturated heterocycles. The van der Waals surface area contributed by atoms with Crippen molar-refractivity contribution in [3.8, 4) is 28.6 Å². The first-order chi connectivity index (χ1) is 16.4. The average molecular weight is 463 g/mol. The number of fused-ring (bicyclic) bond motifs is 2. The molecule has 34 heavy (non-hydrogen) atoms. The van der Waals surface area contributed by atoms with Crippen LogP contribution in [0.2, 0.25) is 0 Å². The number of hydrogen-bond donors (Lipinski definition) is 0. The number of pyridine rings is 1. The van der Waals surface area contributed by atoms with Gasteiger partial charge in [-0.1, -0.05) is 6.07 Å². The quantitative estimate of drug-likeness (QED) is 0.379. The third kappa shape index (κ3) is 3.94. The first-order valence-corrected chi connectivity index (χ1v) is 10.4. The Balaban J connectivity index is 1.74. The fraction of sp³-hybridized carbons (Fsp3) is 0.167. The van der Waals surface area contributed by atoms with E-state index in [-0.39, 0.29) is 17.2 Å². The highest BCUT2D eigenvalue weighted by Gasteiger charge is 2.17. The third-order valence-electron chi connectivity index (χ3n) is 5.26. The largest absolute Gasteiger partial charge is 0.497 e. The molecule has 3 heterocycles. The molecule has 0 saturated carbocycles. The molecule has 5 rings (SSSR count). The summed E-state index contributed by atoms with van der Waals surface area (Å²) in [6, 6.07) is 15.4. The van der Waals surface area contributed by atoms with Gasteiger partial charge in [-0.15, -0.1) is 0 Å². The van der Waals surface area contributed by atoms with Gasteiger partial charge in [0.1, 0.15) is 17.0 Å². The van der Waals surface area contributed by atoms with Crippen molar-refractivity contribution in [1.29, 1.82) is 0 Å². The Kier molecular flexibility index (Phi) is 5.40. The van der Waals surface area contributed by atoms with Crippen LogP contribution < -0.4 is 15.0 Å². The molecule has 0 unspecified atom stereocenters. The summed E-state index contributed by atoms with van der Waals surface area (Å²) in [5, 5.41) is 5.23. The summed E-state index contributed by atoms with van der Waals surface area (Å²) >= 11 is 0. The molecule has 0 aliphatic heterocycles. The molecule has 172 valence electrons. The van der Waals surface area contributed by atoms with Gasteiger partial charge in [-0.3, -0.25) is 14.0 Å². The first-order valence-electron chi connectivity index (χ1n) is 10.4. The van der Waals surface area contributed by atoms with Gasteiger partial charge in [-0.05, 0) is 42.5 Å². The zero-order valence-electron chi connectivity index (χ0n) is 18.3. The summed E-state index contributed by atoms with van der Waals surface area (Å²) in [7, 11) is 3.37. The Morgan fingerprint density at radius 3 is 2.50 bits per heavy atom. The van der Waals surface area contributed by atoms with Crippen molar-refractivity contribution in [2.24, 2.45) is 7.05 Å². The maximum atomic E-state index is 13.7. The minimum atomic E-state index is -2.65. The smallest absolute Gasteiger partial charge is 0.283 e. The summed E-state index contributed by atoms with van der Waals surface area (Å²) in [4.78, 5) is 22.6. The van der Waals surface area contributed by atoms with Crippen LogP contribution in [0, 0.1) is 0 Å². The number of benzene rings is 2. The molecule has 0 spiro atoms. The minimum Gasteiger partial charge on any atom is -0.497 e. The van der Waals surface area contributed by atoms with Crippen molar-refractivity contribution in [1.82, 2.24) is 24.3 Å². The molecule has 0 aliphatic carbocycles. The van der Waals surface area contributed by atoms with Crippen molar-refractivity contribution in [3.05, 3.63) is 71.1 Å². The van der Waals surface area contributed by atoms with E-state index < -0.39 is 18.6 Å². The van der Waals surface area contributed by atoms with Crippen molar-refractivity contribution < 1.29 is 18.3 Å². The van der Waals surface area contributed by atoms with Crippen LogP contribution in [0.4, 0.5) is 8.78 Å². The van der Waals surface area contributed by atoms with Crippen LogP contribution in [0.1, 0.15) is 0 Å². The second-order valence-electron chi connectivity index (χ2n) is 7.57. The van der Waals surface area contributed by atoms with E-state index in [4.69, 9.17) is 9.47 Å². The summed E-state index contributed by atoms with van der Waals surface area (Å²) in [5.41, 5.74) is 2.32. The van der Waals surface area contributed by atoms with Gasteiger partial charge in [0.2, 0.25) is 5.88 Å². The Hall–Kier alpha value is -4.34. The molecule has 10 heteroatoms. The number of aromatic nitrogens is 5. The number of hydrogen-bond acceptors (Lipinski definition) is 6. The van der Waals surface area contributed by atoms with Crippen LogP contribution in [0.5, 0.6) is 11.6 Å². The van der Waals surface area contributed by atoms with Gasteiger partial charge in [0, 0.05) is 30.3 Å². The Labute approximate surface area is 192 Å². The monoisotopic (exact) mass is 463 g/mol. The summed E-state index contributed by atoms with van der Waals surface area (Å²) in [5.74, 6) is 0.590. The van der Waals surface area contributed by atoms with Crippen LogP contribution in [-0.4, -0.2) is 44.5 Å². The maximum Gasteiger partial charge on any atom is 0.283 e. The lowest BCUT2D eigenvalue weighted by Crippen LogP contribution is -2.23. The number of halogens is 2. The Morgan fingerprint density at radius 1 is 1.00 bits per heavy atom. The van der Waals surface area contributed by atoms with Crippen LogP contribution >= 0.6 is 0 Å². The van der Waals surface area contributed by atoms with Crippen LogP contribution in [-0.2, 0) is 7.05 Å². The van der Waals surface area contributed by atoms with Crippen molar-refractivity contribution >= 4 is 22.1 Å². The van der Waals surface area contributed by atoms with Gasteiger partial charge >= 0.3 is 0 Å². The molecule has 2 aromatic carbocycles. The molecule has 3 aromatic heterocycles. The molecule has 0 aliphatic rings. The molecule has 0 radical (unpaired) electrons. The molecule has 8 nitrogen and oxygen atoms in total. The summed E-state index contributed by atoms with van der Waals surface area (Å²) < 4.78 is 38.6. The molecule has 0 fully saturated rings. The molecule has 0 bridgehead atoms. The highest BCUT2D eigenvalue weighted by atomic mass is 19.3. The number of nitrogens with zero attached hydrogens (tertiary/aromatic N) is 5. The predicted molar refractivity (Wildman–Crippen MR) is 123 cm³/mol. The number of alkyl halides is 2. The molecule has 0 N–H and O–H groups in total. The fourth-order valence-electron chi connectivity index (χ4n) is 3.73. The number of rotatable bonds is 6. The van der Waals surface area contributed by atoms with Crippen LogP contribution in [0.25, 0.3) is 39.0 Å². The third-order valence-corrected chi connectivity index (χ3v) is 5.26. The van der Waals surface area contributed by atoms with E-state index in [0.717, 1.165) is 10.9 Å². The Morgan fingerprint density at radius 2 is 1.76 bits per heavy atom. The SMILES string of the molecule is COc1ccc(-n2c(=O)c(-c3ccc4nn(C)cc4c3)nc3ccc(OCC(F)F)nc32)cc1. The minimum absolute atomic E-state index is 0.0270. The van der Waals surface area contributed by atoms with E-state index in [1.54, 1.807) is 48.2 Å². The average Bonchev–Trinajstić information content (AvgIpc) is 3.21. The van der Waals surface area contributed by atoms with Crippen LogP contribution in [0.15, 0.2) is 65.6 Å². The molecule has 5 aromatic rings. The van der Waals surface area contributed by atoms with Crippen molar-refractivity contribution in [2.75, 3.05) is 13.7 Å². The lowest BCUT2D eigenvalue weighted by atomic mass is 10.1. The highest BCUT2D eigenvalue weighted by Crippen LogP contribution is 2.25. The summed E-state index contributed by atoms with van der Waals surface area (Å²) in [6.45, 7) is -0.804. The number of methoxy groups -OCH3 is 1. The predicted octanol–water partition coefficient (Wildman–Crippen LogP) is 3.99. The standard InChI is InChI=1S/C24H19F2N5O3/c1-30-12-15-11-14(3-8-18(15)29-30)22-24(32)31(16-4-6-17(33-2)7-5-16)23-19(27-22)9-10-21(28-23)34-13-20(25)26/h3-12,20H,13H2,1-2H3. The molecular weight excluding hydrogens is 444 g/mol. The zero-order chi connectivity index (χ0) is 23.8. The lowest BCUT2D eigenvalue weighted by Gasteiger charge is -2.13. The Bertz CT molecular complexity index is 1560. The van der Waals surface area contributed by atoms with E-state index in [0.29, 0.717) is 22.5 Å². The lowest BCUT2D eigenvalue weighted by molar-refractivity contribution is 0.0797. The van der Waals surface area contributed by atoms with Gasteiger partial charge in [0.05, 0.1) is 18.3 Å². The molecule has 0 atom stereocenters. The normalized spacial score (nSPS) is 11.4. The van der Waals surface area contributed by atoms with Gasteiger partial charge in [-0.2, -0.15) is 10.1 Å². The van der Waals surface area contributed by atoms with E-state index in [1.807, 2.05) is 25.4 Å². The summed E-state index contributed by atoms with van der Waals surface area (Å²) in [6.07, 6.45) is -0.792. The van der Waals surface area contributed by atoms with E-state index in [9.17, 15) is 13.6 Å². The number of ether oxygens (including phenoxy) is 2. The van der Waals surface area contributed by atoms with Gasteiger partial charge < -0.3 is 9.47 Å². The second-order valence-corrected chi connectivity index (χ2v) is 7.57. The topological polar surface area (TPSA) is 84.1 Å². The van der Waals surface area contributed by atoms with Crippen molar-refractivity contribution in [2.45, 2.75) is 6.43 Å². The number of aryl methyl sites for hydroxylation is 1. The van der Waals surface area contributed by atoms with Gasteiger partial charge in [0.25, 0.3) is 12.0 Å². The van der Waals surface area contributed by atoms with Gasteiger partial charge in [-0.25, -0.2) is 13.8 Å². The second kappa shape index (κ2) is 8.54. The molecular formula is C24H19F2N5O3. The highest BCUT2D eigenvalue weighted by molar-refractivity contribution is 5.85. The van der Waals surface area contributed by atoms with E-state index in [1.165, 1.54) is 10.6 Å². The zero-order valence-corrected chi connectivity index (χ0v) is 18.3. The van der Waals surface area contributed by atoms with E-state index >= 15 is 0 Å². The molecule has 0 amide bonds. The van der Waals surface area contributed by atoms with E-state index in [2.05, 4.69) is 15.1 Å². The van der Waals surface area contributed by atoms with Gasteiger partial charge in [0.15, 0.2) is 12.3 Å². The fourth-order valence-corrected chi connectivity index (χ4v) is 3.73. The van der Waals surface area contributed by atoms with Crippen LogP contribution in [0.3, 0.4) is 0 Å². The maximum absolute atomic E-state index is 13.7. The first kappa shape index (κ1) is 21.5.